The molecule has 9 heteroatoms. The fraction of sp³-hybridized carbons (Fsp3) is 0.824. The molecular formula is C74H135NO8. The Morgan fingerprint density at radius 2 is 0.687 bits per heavy atom. The molecule has 0 saturated heterocycles. The Hall–Kier alpha value is -3.01. The van der Waals surface area contributed by atoms with Crippen molar-refractivity contribution in [2.75, 3.05) is 47.5 Å². The summed E-state index contributed by atoms with van der Waals surface area (Å²) in [6.07, 6.45) is 81.7. The maximum absolute atomic E-state index is 12.9. The second-order valence-corrected chi connectivity index (χ2v) is 25.1. The molecular weight excluding hydrogens is 1030 g/mol. The van der Waals surface area contributed by atoms with E-state index >= 15 is 0 Å². The van der Waals surface area contributed by atoms with E-state index in [1.165, 1.54) is 238 Å². The zero-order valence-corrected chi connectivity index (χ0v) is 55.3. The topological polar surface area (TPSA) is 111 Å². The van der Waals surface area contributed by atoms with Crippen molar-refractivity contribution in [3.8, 4) is 0 Å². The van der Waals surface area contributed by atoms with Crippen LogP contribution in [-0.4, -0.2) is 82.3 Å². The van der Waals surface area contributed by atoms with Gasteiger partial charge in [0.2, 0.25) is 0 Å². The van der Waals surface area contributed by atoms with Crippen LogP contribution in [0.3, 0.4) is 0 Å². The van der Waals surface area contributed by atoms with E-state index in [0.717, 1.165) is 64.2 Å². The lowest BCUT2D eigenvalue weighted by Gasteiger charge is -2.26. The monoisotopic (exact) mass is 1170 g/mol. The van der Waals surface area contributed by atoms with Crippen LogP contribution < -0.4 is 5.11 Å². The summed E-state index contributed by atoms with van der Waals surface area (Å²) in [7, 11) is 5.94. The molecule has 0 N–H and O–H groups in total. The quantitative estimate of drug-likeness (QED) is 0.0195. The van der Waals surface area contributed by atoms with Gasteiger partial charge in [0, 0.05) is 12.8 Å². The lowest BCUT2D eigenvalue weighted by Crippen LogP contribution is -2.44. The van der Waals surface area contributed by atoms with Crippen LogP contribution in [0.2, 0.25) is 0 Å². The number of nitrogens with zero attached hydrogens (tertiary/aromatic N) is 1. The number of unbranched alkanes of at least 4 members (excludes halogenated alkanes) is 41. The van der Waals surface area contributed by atoms with Gasteiger partial charge < -0.3 is 33.3 Å². The van der Waals surface area contributed by atoms with Crippen LogP contribution in [0.15, 0.2) is 60.8 Å². The third kappa shape index (κ3) is 66.4. The summed E-state index contributed by atoms with van der Waals surface area (Å²) in [4.78, 5) is 37.5. The number of carboxylic acid groups (broad SMARTS) is 1. The number of ether oxygens (including phenoxy) is 4. The number of aliphatic carboxylic acids is 1. The molecule has 0 spiro atoms. The van der Waals surface area contributed by atoms with Crippen molar-refractivity contribution in [2.24, 2.45) is 0 Å². The number of hydrogen-bond donors (Lipinski definition) is 0. The summed E-state index contributed by atoms with van der Waals surface area (Å²) in [6, 6.07) is 0. The fourth-order valence-corrected chi connectivity index (χ4v) is 10.4. The van der Waals surface area contributed by atoms with Crippen molar-refractivity contribution in [1.29, 1.82) is 0 Å². The number of carbonyl (C=O) groups excluding carboxylic acids is 3. The summed E-state index contributed by atoms with van der Waals surface area (Å²) < 4.78 is 22.8. The molecule has 0 aromatic carbocycles. The van der Waals surface area contributed by atoms with Crippen molar-refractivity contribution in [1.82, 2.24) is 0 Å². The van der Waals surface area contributed by atoms with Gasteiger partial charge in [-0.1, -0.05) is 306 Å². The molecule has 0 rings (SSSR count). The van der Waals surface area contributed by atoms with Crippen LogP contribution in [0.25, 0.3) is 0 Å². The normalized spacial score (nSPS) is 13.0. The Morgan fingerprint density at radius 3 is 1.04 bits per heavy atom. The highest BCUT2D eigenvalue weighted by atomic mass is 16.7. The second-order valence-electron chi connectivity index (χ2n) is 25.1. The number of allylic oxidation sites excluding steroid dienone is 10. The van der Waals surface area contributed by atoms with Crippen LogP contribution in [0, 0.1) is 0 Å². The first-order valence-corrected chi connectivity index (χ1v) is 35.4. The summed E-state index contributed by atoms with van der Waals surface area (Å²) >= 11 is 0. The van der Waals surface area contributed by atoms with E-state index in [9.17, 15) is 19.5 Å². The maximum Gasteiger partial charge on any atom is 0.306 e. The molecule has 0 aromatic heterocycles. The smallest absolute Gasteiger partial charge is 0.306 e. The SMILES string of the molecule is CC/C=C\C/C=C\C/C=C\C/C=C\CCCCCCCCCCCCCCCCC(=O)OC(COC(=O)CCCCCCCCCCCCCCCCCCCCC/C=C\CCCCCCCCCC)COC(OCC[N+](C)(C)C)C(=O)[O-]. The molecule has 0 bridgehead atoms. The van der Waals surface area contributed by atoms with Crippen molar-refractivity contribution >= 4 is 17.9 Å². The largest absolute Gasteiger partial charge is 0.545 e. The number of carbonyl (C=O) groups is 3. The molecule has 484 valence electrons. The first-order valence-electron chi connectivity index (χ1n) is 35.4. The first kappa shape index (κ1) is 80.0. The average Bonchev–Trinajstić information content (AvgIpc) is 3.46. The predicted molar refractivity (Wildman–Crippen MR) is 352 cm³/mol. The van der Waals surface area contributed by atoms with Crippen LogP contribution >= 0.6 is 0 Å². The highest BCUT2D eigenvalue weighted by Gasteiger charge is 2.22. The lowest BCUT2D eigenvalue weighted by molar-refractivity contribution is -0.870. The standard InChI is InChI=1S/C74H135NO8/c1-6-8-10-12-14-16-18-20-22-24-26-28-30-32-34-35-36-37-39-40-42-44-46-48-50-52-54-56-58-60-62-64-71(76)81-68-70(69-82-74(73(78)79)80-67-66-75(3,4)5)83-72(77)65-63-61-59-57-55-53-51-49-47-45-43-41-38-33-31-29-27-25-23-21-19-17-15-13-11-9-7-2/h9,11,15,17,21,23-24,26-27,29,70,74H,6-8,10,12-14,16,18-20,22,25,28,30-69H2,1-5H3/b11-9-,17-15-,23-21-,26-24-,29-27-. The van der Waals surface area contributed by atoms with Gasteiger partial charge in [-0.15, -0.1) is 0 Å². The molecule has 0 aromatic rings. The number of rotatable bonds is 66. The van der Waals surface area contributed by atoms with Crippen molar-refractivity contribution < 1.29 is 42.9 Å². The highest BCUT2D eigenvalue weighted by Crippen LogP contribution is 2.18. The molecule has 0 heterocycles. The van der Waals surface area contributed by atoms with E-state index in [1.54, 1.807) is 0 Å². The van der Waals surface area contributed by atoms with Gasteiger partial charge >= 0.3 is 11.9 Å². The highest BCUT2D eigenvalue weighted by molar-refractivity contribution is 5.70. The molecule has 2 atom stereocenters. The van der Waals surface area contributed by atoms with Crippen LogP contribution in [0.4, 0.5) is 0 Å². The number of likely N-dealkylation sites (N-methyl/N-ethyl adjacent to an activating group) is 1. The van der Waals surface area contributed by atoms with E-state index in [2.05, 4.69) is 74.6 Å². The van der Waals surface area contributed by atoms with E-state index in [0.29, 0.717) is 23.9 Å². The minimum Gasteiger partial charge on any atom is -0.545 e. The molecule has 0 aliphatic carbocycles. The molecule has 0 aliphatic heterocycles. The summed E-state index contributed by atoms with van der Waals surface area (Å²) in [6.45, 7) is 4.69. The molecule has 9 nitrogen and oxygen atoms in total. The van der Waals surface area contributed by atoms with E-state index in [4.69, 9.17) is 18.9 Å². The molecule has 0 fully saturated rings. The number of quaternary nitrogens is 1. The average molecular weight is 1170 g/mol. The third-order valence-electron chi connectivity index (χ3n) is 15.7. The Balaban J connectivity index is 4.07. The van der Waals surface area contributed by atoms with Crippen LogP contribution in [-0.2, 0) is 33.3 Å². The molecule has 0 saturated carbocycles. The van der Waals surface area contributed by atoms with Gasteiger partial charge in [0.05, 0.1) is 40.3 Å². The van der Waals surface area contributed by atoms with Gasteiger partial charge in [-0.05, 0) is 77.0 Å². The predicted octanol–water partition coefficient (Wildman–Crippen LogP) is 20.6. The summed E-state index contributed by atoms with van der Waals surface area (Å²) in [5.41, 5.74) is 0. The van der Waals surface area contributed by atoms with Crippen molar-refractivity contribution in [3.05, 3.63) is 60.8 Å². The summed E-state index contributed by atoms with van der Waals surface area (Å²) in [5, 5.41) is 11.8. The number of carboxylic acids is 1. The van der Waals surface area contributed by atoms with Gasteiger partial charge in [-0.25, -0.2) is 0 Å². The van der Waals surface area contributed by atoms with Crippen molar-refractivity contribution in [3.63, 3.8) is 0 Å². The fourth-order valence-electron chi connectivity index (χ4n) is 10.4. The minimum atomic E-state index is -1.62. The molecule has 0 radical (unpaired) electrons. The zero-order chi connectivity index (χ0) is 60.5. The molecule has 83 heavy (non-hydrogen) atoms. The number of esters is 2. The van der Waals surface area contributed by atoms with Gasteiger partial charge in [-0.2, -0.15) is 0 Å². The van der Waals surface area contributed by atoms with Gasteiger partial charge in [-0.3, -0.25) is 9.59 Å². The van der Waals surface area contributed by atoms with E-state index in [-0.39, 0.29) is 32.2 Å². The summed E-state index contributed by atoms with van der Waals surface area (Å²) in [5.74, 6) is -2.26. The van der Waals surface area contributed by atoms with Crippen LogP contribution in [0.1, 0.15) is 335 Å². The van der Waals surface area contributed by atoms with Gasteiger partial charge in [0.15, 0.2) is 12.4 Å². The van der Waals surface area contributed by atoms with E-state index < -0.39 is 24.3 Å². The Kier molecular flexibility index (Phi) is 62.6. The van der Waals surface area contributed by atoms with E-state index in [1.807, 2.05) is 21.1 Å². The molecule has 0 aliphatic rings. The number of hydrogen-bond acceptors (Lipinski definition) is 8. The van der Waals surface area contributed by atoms with Gasteiger partial charge in [0.1, 0.15) is 13.2 Å². The lowest BCUT2D eigenvalue weighted by atomic mass is 10.0. The Labute approximate surface area is 514 Å². The van der Waals surface area contributed by atoms with Gasteiger partial charge in [0.25, 0.3) is 0 Å². The second kappa shape index (κ2) is 65.0. The molecule has 0 amide bonds. The Bertz CT molecular complexity index is 1550. The maximum atomic E-state index is 12.9. The first-order chi connectivity index (χ1) is 40.6. The minimum absolute atomic E-state index is 0.148. The zero-order valence-electron chi connectivity index (χ0n) is 55.3. The van der Waals surface area contributed by atoms with Crippen molar-refractivity contribution in [2.45, 2.75) is 347 Å². The van der Waals surface area contributed by atoms with Crippen LogP contribution in [0.5, 0.6) is 0 Å². The molecule has 2 unspecified atom stereocenters. The third-order valence-corrected chi connectivity index (χ3v) is 15.7. The Morgan fingerprint density at radius 1 is 0.373 bits per heavy atom.